The highest BCUT2D eigenvalue weighted by Crippen LogP contribution is 2.34. The molecule has 0 unspecified atom stereocenters. The van der Waals surface area contributed by atoms with Crippen LogP contribution in [0.1, 0.15) is 38.5 Å². The van der Waals surface area contributed by atoms with E-state index in [-0.39, 0.29) is 12.1 Å². The molecule has 26 heavy (non-hydrogen) atoms. The first kappa shape index (κ1) is 17.0. The molecular formula is C20H32N4O2. The zero-order chi connectivity index (χ0) is 17.7. The number of hydrogen-bond donors (Lipinski definition) is 0. The number of rotatable bonds is 2. The maximum absolute atomic E-state index is 13.0. The standard InChI is InChI=1S/C20H32N4O2/c25-19(17-13-15-1-5-21(17)6-2-15)23-9-11-24(12-10-23)20(26)18-14-16-3-7-22(18)8-4-16/h15-18H,1-14H2/t17-,18+. The lowest BCUT2D eigenvalue weighted by molar-refractivity contribution is -0.149. The molecule has 6 nitrogen and oxygen atoms in total. The van der Waals surface area contributed by atoms with E-state index in [1.165, 1.54) is 25.7 Å². The molecule has 2 atom stereocenters. The molecule has 0 aliphatic carbocycles. The topological polar surface area (TPSA) is 47.1 Å². The third-order valence-corrected chi connectivity index (χ3v) is 7.77. The molecule has 6 heteroatoms. The smallest absolute Gasteiger partial charge is 0.240 e. The second kappa shape index (κ2) is 6.79. The summed E-state index contributed by atoms with van der Waals surface area (Å²) in [6, 6.07) is 0.231. The van der Waals surface area contributed by atoms with Gasteiger partial charge in [0.1, 0.15) is 0 Å². The van der Waals surface area contributed by atoms with E-state index in [1.54, 1.807) is 0 Å². The summed E-state index contributed by atoms with van der Waals surface area (Å²) in [6.45, 7) is 7.25. The number of piperazine rings is 1. The summed E-state index contributed by atoms with van der Waals surface area (Å²) in [6.07, 6.45) is 7.18. The van der Waals surface area contributed by atoms with Gasteiger partial charge >= 0.3 is 0 Å². The Morgan fingerprint density at radius 3 is 1.15 bits per heavy atom. The number of carbonyl (C=O) groups excluding carboxylic acids is 2. The number of amides is 2. The molecule has 144 valence electrons. The third kappa shape index (κ3) is 2.95. The van der Waals surface area contributed by atoms with Gasteiger partial charge in [0.05, 0.1) is 12.1 Å². The van der Waals surface area contributed by atoms with Crippen molar-refractivity contribution in [1.29, 1.82) is 0 Å². The van der Waals surface area contributed by atoms with Crippen molar-refractivity contribution in [3.05, 3.63) is 0 Å². The van der Waals surface area contributed by atoms with Crippen molar-refractivity contribution < 1.29 is 9.59 Å². The fourth-order valence-corrected chi connectivity index (χ4v) is 6.01. The van der Waals surface area contributed by atoms with E-state index in [2.05, 4.69) is 9.80 Å². The first-order chi connectivity index (χ1) is 12.7. The molecule has 0 aromatic rings. The van der Waals surface area contributed by atoms with Crippen LogP contribution in [0.2, 0.25) is 0 Å². The van der Waals surface area contributed by atoms with Gasteiger partial charge in [-0.05, 0) is 76.5 Å². The van der Waals surface area contributed by atoms with Gasteiger partial charge in [0.2, 0.25) is 11.8 Å². The molecule has 7 aliphatic heterocycles. The van der Waals surface area contributed by atoms with Crippen LogP contribution in [-0.4, -0.2) is 95.9 Å². The minimum atomic E-state index is 0.116. The van der Waals surface area contributed by atoms with Crippen LogP contribution in [-0.2, 0) is 9.59 Å². The highest BCUT2D eigenvalue weighted by Gasteiger charge is 2.42. The number of nitrogens with zero attached hydrogens (tertiary/aromatic N) is 4. The van der Waals surface area contributed by atoms with Crippen LogP contribution >= 0.6 is 0 Å². The lowest BCUT2D eigenvalue weighted by atomic mass is 9.82. The Morgan fingerprint density at radius 2 is 0.885 bits per heavy atom. The average Bonchev–Trinajstić information content (AvgIpc) is 2.74. The number of piperidine rings is 6. The molecule has 0 spiro atoms. The Morgan fingerprint density at radius 1 is 0.538 bits per heavy atom. The molecule has 7 heterocycles. The highest BCUT2D eigenvalue weighted by molar-refractivity contribution is 5.84. The van der Waals surface area contributed by atoms with E-state index in [9.17, 15) is 9.59 Å². The van der Waals surface area contributed by atoms with E-state index < -0.39 is 0 Å². The van der Waals surface area contributed by atoms with E-state index in [4.69, 9.17) is 0 Å². The largest absolute Gasteiger partial charge is 0.338 e. The van der Waals surface area contributed by atoms with Crippen LogP contribution < -0.4 is 0 Å². The fraction of sp³-hybridized carbons (Fsp3) is 0.900. The summed E-state index contributed by atoms with van der Waals surface area (Å²) in [4.78, 5) is 34.8. The van der Waals surface area contributed by atoms with Crippen LogP contribution in [0.25, 0.3) is 0 Å². The second-order valence-corrected chi connectivity index (χ2v) is 9.11. The van der Waals surface area contributed by atoms with Crippen LogP contribution in [0, 0.1) is 11.8 Å². The molecule has 0 N–H and O–H groups in total. The maximum atomic E-state index is 13.0. The molecule has 2 amide bonds. The second-order valence-electron chi connectivity index (χ2n) is 9.11. The first-order valence-electron chi connectivity index (χ1n) is 10.7. The average molecular weight is 361 g/mol. The van der Waals surface area contributed by atoms with E-state index in [0.29, 0.717) is 11.8 Å². The number of hydrogen-bond acceptors (Lipinski definition) is 4. The predicted molar refractivity (Wildman–Crippen MR) is 98.6 cm³/mol. The minimum Gasteiger partial charge on any atom is -0.338 e. The summed E-state index contributed by atoms with van der Waals surface area (Å²) >= 11 is 0. The van der Waals surface area contributed by atoms with Gasteiger partial charge in [-0.1, -0.05) is 0 Å². The summed E-state index contributed by atoms with van der Waals surface area (Å²) in [5, 5.41) is 0. The Kier molecular flexibility index (Phi) is 4.44. The SMILES string of the molecule is O=C([C@H]1CC2CCN1CC2)N1CCN(C(=O)[C@@H]2CC3CCN2CC3)CC1. The van der Waals surface area contributed by atoms with Crippen molar-refractivity contribution in [2.24, 2.45) is 11.8 Å². The van der Waals surface area contributed by atoms with Crippen molar-refractivity contribution >= 4 is 11.8 Å². The summed E-state index contributed by atoms with van der Waals surface area (Å²) in [5.74, 6) is 2.16. The quantitative estimate of drug-likeness (QED) is 0.725. The molecule has 0 saturated carbocycles. The Hall–Kier alpha value is -1.14. The lowest BCUT2D eigenvalue weighted by Crippen LogP contribution is -2.62. The highest BCUT2D eigenvalue weighted by atomic mass is 16.2. The van der Waals surface area contributed by atoms with Crippen LogP contribution in [0.15, 0.2) is 0 Å². The van der Waals surface area contributed by atoms with Crippen molar-refractivity contribution in [2.75, 3.05) is 52.4 Å². The summed E-state index contributed by atoms with van der Waals surface area (Å²) < 4.78 is 0. The van der Waals surface area contributed by atoms with Gasteiger partial charge in [-0.2, -0.15) is 0 Å². The molecular weight excluding hydrogens is 328 g/mol. The van der Waals surface area contributed by atoms with Crippen LogP contribution in [0.5, 0.6) is 0 Å². The van der Waals surface area contributed by atoms with Crippen molar-refractivity contribution in [1.82, 2.24) is 19.6 Å². The molecule has 7 rings (SSSR count). The molecule has 7 saturated heterocycles. The molecule has 4 bridgehead atoms. The van der Waals surface area contributed by atoms with Crippen molar-refractivity contribution in [2.45, 2.75) is 50.6 Å². The zero-order valence-electron chi connectivity index (χ0n) is 15.8. The van der Waals surface area contributed by atoms with E-state index >= 15 is 0 Å². The van der Waals surface area contributed by atoms with Gasteiger partial charge in [0, 0.05) is 26.2 Å². The monoisotopic (exact) mass is 360 g/mol. The predicted octanol–water partition coefficient (Wildman–Crippen LogP) is 0.626. The Bertz CT molecular complexity index is 508. The normalized spacial score (nSPS) is 42.2. The van der Waals surface area contributed by atoms with Gasteiger partial charge in [0.25, 0.3) is 0 Å². The van der Waals surface area contributed by atoms with Crippen LogP contribution in [0.3, 0.4) is 0 Å². The van der Waals surface area contributed by atoms with Gasteiger partial charge in [-0.15, -0.1) is 0 Å². The molecule has 0 aromatic carbocycles. The fourth-order valence-electron chi connectivity index (χ4n) is 6.01. The molecule has 7 fully saturated rings. The number of carbonyl (C=O) groups is 2. The number of fused-ring (bicyclic) bond motifs is 6. The molecule has 0 aromatic heterocycles. The Balaban J connectivity index is 1.16. The summed E-state index contributed by atoms with van der Waals surface area (Å²) in [7, 11) is 0. The van der Waals surface area contributed by atoms with Crippen molar-refractivity contribution in [3.8, 4) is 0 Å². The van der Waals surface area contributed by atoms with Crippen LogP contribution in [0.4, 0.5) is 0 Å². The maximum Gasteiger partial charge on any atom is 0.240 e. The van der Waals surface area contributed by atoms with Gasteiger partial charge in [-0.3, -0.25) is 19.4 Å². The van der Waals surface area contributed by atoms with E-state index in [0.717, 1.165) is 77.0 Å². The zero-order valence-corrected chi connectivity index (χ0v) is 15.8. The minimum absolute atomic E-state index is 0.116. The van der Waals surface area contributed by atoms with Gasteiger partial charge < -0.3 is 9.80 Å². The lowest BCUT2D eigenvalue weighted by Gasteiger charge is -2.48. The third-order valence-electron chi connectivity index (χ3n) is 7.77. The van der Waals surface area contributed by atoms with Gasteiger partial charge in [-0.25, -0.2) is 0 Å². The summed E-state index contributed by atoms with van der Waals surface area (Å²) in [5.41, 5.74) is 0. The van der Waals surface area contributed by atoms with Crippen molar-refractivity contribution in [3.63, 3.8) is 0 Å². The van der Waals surface area contributed by atoms with Gasteiger partial charge in [0.15, 0.2) is 0 Å². The molecule has 0 radical (unpaired) electrons. The molecule has 7 aliphatic rings. The van der Waals surface area contributed by atoms with E-state index in [1.807, 2.05) is 9.80 Å². The first-order valence-corrected chi connectivity index (χ1v) is 10.7. The Labute approximate surface area is 156 Å².